The van der Waals surface area contributed by atoms with Gasteiger partial charge in [-0.1, -0.05) is 158 Å². The Morgan fingerprint density at radius 1 is 0.375 bits per heavy atom. The van der Waals surface area contributed by atoms with Crippen LogP contribution >= 0.6 is 0 Å². The van der Waals surface area contributed by atoms with Gasteiger partial charge in [0.1, 0.15) is 0 Å². The molecule has 1 aliphatic carbocycles. The summed E-state index contributed by atoms with van der Waals surface area (Å²) in [6.07, 6.45) is 0. The maximum absolute atomic E-state index is 7.05. The molecule has 6 nitrogen and oxygen atoms in total. The molecule has 3 heterocycles. The lowest BCUT2D eigenvalue weighted by molar-refractivity contribution is 0.360. The number of aromatic nitrogens is 4. The quantitative estimate of drug-likeness (QED) is 0.167. The number of hydrogen-bond acceptors (Lipinski definition) is 5. The van der Waals surface area contributed by atoms with E-state index in [1.807, 2.05) is 48.5 Å². The van der Waals surface area contributed by atoms with E-state index in [1.54, 1.807) is 0 Å². The molecule has 0 saturated carbocycles. The molecule has 0 spiro atoms. The minimum Gasteiger partial charge on any atom is -0.449 e. The first-order valence-electron chi connectivity index (χ1n) is 21.5. The van der Waals surface area contributed by atoms with Crippen molar-refractivity contribution in [2.24, 2.45) is 0 Å². The van der Waals surface area contributed by atoms with Crippen LogP contribution < -0.4 is 9.47 Å². The first kappa shape index (κ1) is 36.1. The van der Waals surface area contributed by atoms with Gasteiger partial charge in [-0.05, 0) is 88.5 Å². The van der Waals surface area contributed by atoms with Gasteiger partial charge in [0, 0.05) is 38.7 Å². The largest absolute Gasteiger partial charge is 0.449 e. The van der Waals surface area contributed by atoms with Crippen LogP contribution in [0.2, 0.25) is 0 Å². The fourth-order valence-electron chi connectivity index (χ4n) is 10.0. The second-order valence-electron chi connectivity index (χ2n) is 16.3. The Morgan fingerprint density at radius 3 is 1.55 bits per heavy atom. The Labute approximate surface area is 369 Å². The van der Waals surface area contributed by atoms with E-state index in [9.17, 15) is 0 Å². The molecule has 1 aliphatic heterocycles. The van der Waals surface area contributed by atoms with Crippen LogP contribution in [0.1, 0.15) is 22.3 Å². The van der Waals surface area contributed by atoms with E-state index in [-0.39, 0.29) is 0 Å². The third-order valence-electron chi connectivity index (χ3n) is 12.8. The SMILES string of the molecule is c1ccc(-c2nc(-c3ccc(-n4c5ccccc5c5ccccc54)cc3)nc(-c3ccc4c(c3)Oc3c(ccc5c3-c3ccccc3C5(c3ccccc3)c3ccccc3)O4)n2)cc1. The van der Waals surface area contributed by atoms with Crippen LogP contribution in [-0.2, 0) is 5.41 Å². The molecule has 0 atom stereocenters. The number of hydrogen-bond donors (Lipinski definition) is 0. The zero-order chi connectivity index (χ0) is 42.2. The Morgan fingerprint density at radius 2 is 0.891 bits per heavy atom. The molecule has 64 heavy (non-hydrogen) atoms. The highest BCUT2D eigenvalue weighted by Crippen LogP contribution is 2.62. The van der Waals surface area contributed by atoms with Gasteiger partial charge in [-0.15, -0.1) is 0 Å². The normalized spacial score (nSPS) is 13.1. The molecule has 0 bridgehead atoms. The molecule has 0 radical (unpaired) electrons. The summed E-state index contributed by atoms with van der Waals surface area (Å²) in [5.41, 5.74) is 12.2. The van der Waals surface area contributed by atoms with E-state index in [0.29, 0.717) is 40.5 Å². The van der Waals surface area contributed by atoms with Gasteiger partial charge < -0.3 is 14.0 Å². The molecule has 2 aromatic heterocycles. The zero-order valence-electron chi connectivity index (χ0n) is 34.4. The predicted octanol–water partition coefficient (Wildman–Crippen LogP) is 14.2. The first-order valence-corrected chi connectivity index (χ1v) is 21.5. The smallest absolute Gasteiger partial charge is 0.178 e. The van der Waals surface area contributed by atoms with Crippen LogP contribution in [0.5, 0.6) is 23.0 Å². The number of benzene rings is 9. The molecule has 0 fully saturated rings. The molecule has 11 aromatic rings. The summed E-state index contributed by atoms with van der Waals surface area (Å²) < 4.78 is 16.0. The van der Waals surface area contributed by atoms with Gasteiger partial charge >= 0.3 is 0 Å². The van der Waals surface area contributed by atoms with Gasteiger partial charge in [-0.25, -0.2) is 15.0 Å². The first-order chi connectivity index (χ1) is 31.7. The summed E-state index contributed by atoms with van der Waals surface area (Å²) in [4.78, 5) is 15.3. The van der Waals surface area contributed by atoms with Crippen molar-refractivity contribution in [1.82, 2.24) is 19.5 Å². The highest BCUT2D eigenvalue weighted by molar-refractivity contribution is 6.09. The monoisotopic (exact) mass is 820 g/mol. The van der Waals surface area contributed by atoms with Crippen molar-refractivity contribution in [2.75, 3.05) is 0 Å². The van der Waals surface area contributed by atoms with Gasteiger partial charge in [0.2, 0.25) is 0 Å². The summed E-state index contributed by atoms with van der Waals surface area (Å²) in [7, 11) is 0. The van der Waals surface area contributed by atoms with Gasteiger partial charge in [0.15, 0.2) is 40.5 Å². The predicted molar refractivity (Wildman–Crippen MR) is 254 cm³/mol. The summed E-state index contributed by atoms with van der Waals surface area (Å²) in [5.74, 6) is 4.26. The molecule has 0 unspecified atom stereocenters. The standard InChI is InChI=1S/C58H36N4O2/c1-4-16-37(17-5-1)55-59-56(38-28-31-42(32-29-38)62-48-26-14-11-22-43(48)44-23-12-15-27-49(44)62)61-57(60-55)39-30-34-50-52(36-39)64-54-51(63-50)35-33-47-53(54)45-24-10-13-25-46(45)58(47,40-18-6-2-7-19-40)41-20-8-3-9-21-41/h1-36H. The highest BCUT2D eigenvalue weighted by Gasteiger charge is 2.48. The van der Waals surface area contributed by atoms with Crippen LogP contribution in [0, 0.1) is 0 Å². The molecule has 0 amide bonds. The molecule has 0 N–H and O–H groups in total. The zero-order valence-corrected chi connectivity index (χ0v) is 34.4. The van der Waals surface area contributed by atoms with Gasteiger partial charge in [-0.3, -0.25) is 0 Å². The summed E-state index contributed by atoms with van der Waals surface area (Å²) >= 11 is 0. The number of para-hydroxylation sites is 2. The lowest BCUT2D eigenvalue weighted by Crippen LogP contribution is -2.28. The van der Waals surface area contributed by atoms with Crippen LogP contribution in [0.4, 0.5) is 0 Å². The van der Waals surface area contributed by atoms with E-state index in [4.69, 9.17) is 24.4 Å². The van der Waals surface area contributed by atoms with Crippen LogP contribution in [0.25, 0.3) is 72.8 Å². The average Bonchev–Trinajstić information content (AvgIpc) is 3.87. The number of nitrogens with zero attached hydrogens (tertiary/aromatic N) is 4. The fraction of sp³-hybridized carbons (Fsp3) is 0.0172. The molecule has 0 saturated heterocycles. The van der Waals surface area contributed by atoms with Crippen molar-refractivity contribution in [2.45, 2.75) is 5.41 Å². The molecule has 2 aliphatic rings. The summed E-state index contributed by atoms with van der Waals surface area (Å²) in [5, 5.41) is 2.45. The summed E-state index contributed by atoms with van der Waals surface area (Å²) in [6.45, 7) is 0. The van der Waals surface area contributed by atoms with E-state index in [1.165, 1.54) is 27.5 Å². The minimum atomic E-state index is -0.564. The van der Waals surface area contributed by atoms with E-state index < -0.39 is 5.41 Å². The van der Waals surface area contributed by atoms with Crippen molar-refractivity contribution in [1.29, 1.82) is 0 Å². The molecule has 13 rings (SSSR count). The fourth-order valence-corrected chi connectivity index (χ4v) is 10.0. The molecule has 300 valence electrons. The second-order valence-corrected chi connectivity index (χ2v) is 16.3. The maximum Gasteiger partial charge on any atom is 0.178 e. The third-order valence-corrected chi connectivity index (χ3v) is 12.8. The number of rotatable bonds is 6. The van der Waals surface area contributed by atoms with Gasteiger partial charge in [0.25, 0.3) is 0 Å². The highest BCUT2D eigenvalue weighted by atomic mass is 16.6. The third kappa shape index (κ3) is 5.42. The van der Waals surface area contributed by atoms with E-state index >= 15 is 0 Å². The van der Waals surface area contributed by atoms with E-state index in [2.05, 4.69) is 174 Å². The van der Waals surface area contributed by atoms with Crippen LogP contribution in [0.15, 0.2) is 218 Å². The van der Waals surface area contributed by atoms with Crippen LogP contribution in [0.3, 0.4) is 0 Å². The topological polar surface area (TPSA) is 62.1 Å². The van der Waals surface area contributed by atoms with Crippen molar-refractivity contribution in [3.63, 3.8) is 0 Å². The van der Waals surface area contributed by atoms with Crippen molar-refractivity contribution in [3.8, 4) is 74.0 Å². The Hall–Kier alpha value is -8.61. The molecule has 9 aromatic carbocycles. The van der Waals surface area contributed by atoms with Gasteiger partial charge in [0.05, 0.1) is 16.4 Å². The van der Waals surface area contributed by atoms with Crippen molar-refractivity contribution >= 4 is 21.8 Å². The van der Waals surface area contributed by atoms with E-state index in [0.717, 1.165) is 50.1 Å². The lowest BCUT2D eigenvalue weighted by Gasteiger charge is -2.34. The minimum absolute atomic E-state index is 0.531. The Bertz CT molecular complexity index is 3510. The Balaban J connectivity index is 0.923. The second kappa shape index (κ2) is 14.2. The lowest BCUT2D eigenvalue weighted by atomic mass is 9.68. The van der Waals surface area contributed by atoms with Crippen molar-refractivity contribution in [3.05, 3.63) is 241 Å². The van der Waals surface area contributed by atoms with Crippen LogP contribution in [-0.4, -0.2) is 19.5 Å². The number of ether oxygens (including phenoxy) is 2. The molecular formula is C58H36N4O2. The average molecular weight is 821 g/mol. The van der Waals surface area contributed by atoms with Crippen molar-refractivity contribution < 1.29 is 9.47 Å². The van der Waals surface area contributed by atoms with Gasteiger partial charge in [-0.2, -0.15) is 0 Å². The molecule has 6 heteroatoms. The number of fused-ring (bicyclic) bond motifs is 9. The maximum atomic E-state index is 7.05. The Kier molecular flexibility index (Phi) is 8.02. The molecular weight excluding hydrogens is 785 g/mol. The summed E-state index contributed by atoms with van der Waals surface area (Å²) in [6, 6.07) is 76.0.